The van der Waals surface area contributed by atoms with Gasteiger partial charge in [0.25, 0.3) is 5.91 Å². The lowest BCUT2D eigenvalue weighted by atomic mass is 10.3. The lowest BCUT2D eigenvalue weighted by molar-refractivity contribution is 0.0949. The number of nitrogens with zero attached hydrogens (tertiary/aromatic N) is 2. The lowest BCUT2D eigenvalue weighted by Gasteiger charge is -2.05. The molecule has 0 unspecified atom stereocenters. The highest BCUT2D eigenvalue weighted by atomic mass is 16.1. The van der Waals surface area contributed by atoms with Gasteiger partial charge >= 0.3 is 0 Å². The van der Waals surface area contributed by atoms with Gasteiger partial charge in [-0.1, -0.05) is 0 Å². The van der Waals surface area contributed by atoms with Crippen molar-refractivity contribution >= 4 is 11.7 Å². The SMILES string of the molecule is CNCCCNC(=O)c1nccnc1N. The maximum atomic E-state index is 11.5. The molecule has 1 heterocycles. The van der Waals surface area contributed by atoms with E-state index in [1.165, 1.54) is 12.4 Å². The van der Waals surface area contributed by atoms with Gasteiger partial charge in [0.2, 0.25) is 0 Å². The predicted octanol–water partition coefficient (Wildman–Crippen LogP) is -0.602. The fourth-order valence-electron chi connectivity index (χ4n) is 1.07. The van der Waals surface area contributed by atoms with Gasteiger partial charge in [0.1, 0.15) is 0 Å². The van der Waals surface area contributed by atoms with E-state index in [1.54, 1.807) is 0 Å². The molecule has 6 heteroatoms. The van der Waals surface area contributed by atoms with Gasteiger partial charge in [-0.15, -0.1) is 0 Å². The van der Waals surface area contributed by atoms with E-state index in [0.29, 0.717) is 6.54 Å². The van der Waals surface area contributed by atoms with Crippen LogP contribution in [0, 0.1) is 0 Å². The number of carbonyl (C=O) groups excluding carboxylic acids is 1. The quantitative estimate of drug-likeness (QED) is 0.563. The highest BCUT2D eigenvalue weighted by Gasteiger charge is 2.10. The summed E-state index contributed by atoms with van der Waals surface area (Å²) in [5.41, 5.74) is 5.69. The molecular formula is C9H15N5O. The van der Waals surface area contributed by atoms with E-state index in [0.717, 1.165) is 13.0 Å². The second kappa shape index (κ2) is 5.92. The number of hydrogen-bond donors (Lipinski definition) is 3. The molecule has 0 aliphatic rings. The molecule has 0 radical (unpaired) electrons. The molecule has 0 atom stereocenters. The Balaban J connectivity index is 2.44. The Morgan fingerprint density at radius 1 is 1.40 bits per heavy atom. The highest BCUT2D eigenvalue weighted by Crippen LogP contribution is 2.01. The molecule has 0 saturated heterocycles. The van der Waals surface area contributed by atoms with Crippen molar-refractivity contribution in [3.8, 4) is 0 Å². The number of carbonyl (C=O) groups is 1. The molecule has 0 saturated carbocycles. The number of amides is 1. The highest BCUT2D eigenvalue weighted by molar-refractivity contribution is 5.96. The van der Waals surface area contributed by atoms with Crippen LogP contribution in [0.5, 0.6) is 0 Å². The third-order valence-corrected chi connectivity index (χ3v) is 1.83. The summed E-state index contributed by atoms with van der Waals surface area (Å²) >= 11 is 0. The van der Waals surface area contributed by atoms with Crippen molar-refractivity contribution in [3.63, 3.8) is 0 Å². The molecule has 4 N–H and O–H groups in total. The first kappa shape index (κ1) is 11.4. The van der Waals surface area contributed by atoms with Gasteiger partial charge in [-0.25, -0.2) is 9.97 Å². The van der Waals surface area contributed by atoms with Crippen LogP contribution in [0.4, 0.5) is 5.82 Å². The summed E-state index contributed by atoms with van der Waals surface area (Å²) in [5, 5.41) is 5.70. The summed E-state index contributed by atoms with van der Waals surface area (Å²) in [6, 6.07) is 0. The first-order chi connectivity index (χ1) is 7.25. The zero-order valence-electron chi connectivity index (χ0n) is 8.66. The average Bonchev–Trinajstić information content (AvgIpc) is 2.25. The Morgan fingerprint density at radius 2 is 2.13 bits per heavy atom. The zero-order valence-corrected chi connectivity index (χ0v) is 8.66. The van der Waals surface area contributed by atoms with Gasteiger partial charge in [-0.3, -0.25) is 4.79 Å². The smallest absolute Gasteiger partial charge is 0.273 e. The van der Waals surface area contributed by atoms with Crippen molar-refractivity contribution in [2.75, 3.05) is 25.9 Å². The standard InChI is InChI=1S/C9H15N5O/c1-11-3-2-4-14-9(15)7-8(10)13-6-5-12-7/h5-6,11H,2-4H2,1H3,(H2,10,13)(H,14,15). The minimum atomic E-state index is -0.281. The Kier molecular flexibility index (Phi) is 4.49. The first-order valence-corrected chi connectivity index (χ1v) is 4.75. The number of nitrogens with one attached hydrogen (secondary N) is 2. The molecule has 0 fully saturated rings. The Hall–Kier alpha value is -1.69. The van der Waals surface area contributed by atoms with Crippen LogP contribution >= 0.6 is 0 Å². The van der Waals surface area contributed by atoms with Crippen LogP contribution in [-0.4, -0.2) is 36.0 Å². The van der Waals surface area contributed by atoms with Gasteiger partial charge < -0.3 is 16.4 Å². The van der Waals surface area contributed by atoms with Crippen LogP contribution in [0.15, 0.2) is 12.4 Å². The van der Waals surface area contributed by atoms with Crippen LogP contribution in [0.1, 0.15) is 16.9 Å². The summed E-state index contributed by atoms with van der Waals surface area (Å²) in [5.74, 6) is -0.125. The minimum Gasteiger partial charge on any atom is -0.382 e. The van der Waals surface area contributed by atoms with E-state index in [1.807, 2.05) is 7.05 Å². The molecule has 0 aliphatic carbocycles. The number of nitrogens with two attached hydrogens (primary N) is 1. The molecule has 1 aromatic rings. The number of aromatic nitrogens is 2. The Morgan fingerprint density at radius 3 is 2.80 bits per heavy atom. The van der Waals surface area contributed by atoms with Crippen LogP contribution < -0.4 is 16.4 Å². The predicted molar refractivity (Wildman–Crippen MR) is 57.3 cm³/mol. The van der Waals surface area contributed by atoms with Crippen molar-refractivity contribution in [2.24, 2.45) is 0 Å². The molecule has 0 spiro atoms. The fourth-order valence-corrected chi connectivity index (χ4v) is 1.07. The molecule has 6 nitrogen and oxygen atoms in total. The average molecular weight is 209 g/mol. The molecule has 0 aliphatic heterocycles. The number of nitrogen functional groups attached to an aromatic ring is 1. The van der Waals surface area contributed by atoms with Crippen molar-refractivity contribution in [1.82, 2.24) is 20.6 Å². The summed E-state index contributed by atoms with van der Waals surface area (Å²) in [6.45, 7) is 1.45. The molecule has 82 valence electrons. The van der Waals surface area contributed by atoms with Crippen LogP contribution in [0.2, 0.25) is 0 Å². The maximum absolute atomic E-state index is 11.5. The van der Waals surface area contributed by atoms with E-state index >= 15 is 0 Å². The first-order valence-electron chi connectivity index (χ1n) is 4.75. The Bertz CT molecular complexity index is 328. The molecule has 1 rings (SSSR count). The molecule has 0 aromatic carbocycles. The number of anilines is 1. The third-order valence-electron chi connectivity index (χ3n) is 1.83. The third kappa shape index (κ3) is 3.51. The van der Waals surface area contributed by atoms with E-state index in [-0.39, 0.29) is 17.4 Å². The van der Waals surface area contributed by atoms with E-state index in [9.17, 15) is 4.79 Å². The Labute approximate surface area is 88.3 Å². The van der Waals surface area contributed by atoms with E-state index in [2.05, 4.69) is 20.6 Å². The van der Waals surface area contributed by atoms with Gasteiger partial charge in [-0.05, 0) is 20.0 Å². The van der Waals surface area contributed by atoms with Crippen molar-refractivity contribution in [3.05, 3.63) is 18.1 Å². The van der Waals surface area contributed by atoms with Crippen LogP contribution in [0.25, 0.3) is 0 Å². The summed E-state index contributed by atoms with van der Waals surface area (Å²) in [6.07, 6.45) is 3.76. The molecular weight excluding hydrogens is 194 g/mol. The van der Waals surface area contributed by atoms with Crippen molar-refractivity contribution in [1.29, 1.82) is 0 Å². The zero-order chi connectivity index (χ0) is 11.1. The van der Waals surface area contributed by atoms with Crippen LogP contribution in [-0.2, 0) is 0 Å². The fraction of sp³-hybridized carbons (Fsp3) is 0.444. The minimum absolute atomic E-state index is 0.156. The second-order valence-electron chi connectivity index (χ2n) is 3.00. The molecule has 1 aromatic heterocycles. The largest absolute Gasteiger partial charge is 0.382 e. The van der Waals surface area contributed by atoms with Crippen LogP contribution in [0.3, 0.4) is 0 Å². The van der Waals surface area contributed by atoms with Gasteiger partial charge in [0.05, 0.1) is 0 Å². The van der Waals surface area contributed by atoms with Gasteiger partial charge in [-0.2, -0.15) is 0 Å². The lowest BCUT2D eigenvalue weighted by Crippen LogP contribution is -2.28. The number of rotatable bonds is 5. The second-order valence-corrected chi connectivity index (χ2v) is 3.00. The summed E-state index contributed by atoms with van der Waals surface area (Å²) in [4.78, 5) is 19.2. The monoisotopic (exact) mass is 209 g/mol. The summed E-state index contributed by atoms with van der Waals surface area (Å²) in [7, 11) is 1.86. The van der Waals surface area contributed by atoms with Gasteiger partial charge in [0.15, 0.2) is 11.5 Å². The number of hydrogen-bond acceptors (Lipinski definition) is 5. The van der Waals surface area contributed by atoms with E-state index in [4.69, 9.17) is 5.73 Å². The maximum Gasteiger partial charge on any atom is 0.273 e. The molecule has 1 amide bonds. The van der Waals surface area contributed by atoms with E-state index < -0.39 is 0 Å². The normalized spacial score (nSPS) is 9.93. The topological polar surface area (TPSA) is 92.9 Å². The molecule has 15 heavy (non-hydrogen) atoms. The van der Waals surface area contributed by atoms with Crippen molar-refractivity contribution < 1.29 is 4.79 Å². The summed E-state index contributed by atoms with van der Waals surface area (Å²) < 4.78 is 0. The van der Waals surface area contributed by atoms with Gasteiger partial charge in [0, 0.05) is 18.9 Å². The molecule has 0 bridgehead atoms. The van der Waals surface area contributed by atoms with Crippen molar-refractivity contribution in [2.45, 2.75) is 6.42 Å².